The summed E-state index contributed by atoms with van der Waals surface area (Å²) < 4.78 is 27.5. The number of thiazole rings is 1. The van der Waals surface area contributed by atoms with Gasteiger partial charge >= 0.3 is 0 Å². The molecule has 0 fully saturated rings. The van der Waals surface area contributed by atoms with Crippen LogP contribution >= 0.6 is 11.3 Å². The molecule has 0 radical (unpaired) electrons. The first kappa shape index (κ1) is 20.2. The van der Waals surface area contributed by atoms with Crippen molar-refractivity contribution in [3.8, 4) is 11.3 Å². The second-order valence-electron chi connectivity index (χ2n) is 6.33. The van der Waals surface area contributed by atoms with Gasteiger partial charge in [0.05, 0.1) is 10.7 Å². The summed E-state index contributed by atoms with van der Waals surface area (Å²) in [7, 11) is -0.600. The number of aromatic nitrogens is 2. The van der Waals surface area contributed by atoms with Crippen molar-refractivity contribution in [2.75, 3.05) is 13.6 Å². The number of rotatable bonds is 7. The van der Waals surface area contributed by atoms with Crippen LogP contribution in [-0.4, -0.2) is 37.5 Å². The maximum atomic E-state index is 12.4. The van der Waals surface area contributed by atoms with E-state index < -0.39 is 10.0 Å². The Kier molecular flexibility index (Phi) is 5.97. The SMILES string of the molecule is CNS(=O)(=O)c1cc(C(=O)NCCc2ccc(-c3csc(C)n3)cc2)n(C)c1. The van der Waals surface area contributed by atoms with Crippen LogP contribution in [0.4, 0.5) is 0 Å². The summed E-state index contributed by atoms with van der Waals surface area (Å²) >= 11 is 1.62. The van der Waals surface area contributed by atoms with Crippen LogP contribution in [0.15, 0.2) is 46.8 Å². The summed E-state index contributed by atoms with van der Waals surface area (Å²) in [6.45, 7) is 2.43. The fourth-order valence-corrected chi connectivity index (χ4v) is 4.20. The molecule has 3 aromatic rings. The van der Waals surface area contributed by atoms with E-state index in [-0.39, 0.29) is 10.8 Å². The third-order valence-electron chi connectivity index (χ3n) is 4.36. The van der Waals surface area contributed by atoms with E-state index in [2.05, 4.69) is 15.0 Å². The lowest BCUT2D eigenvalue weighted by Crippen LogP contribution is -2.27. The fourth-order valence-electron chi connectivity index (χ4n) is 2.77. The molecule has 0 spiro atoms. The number of carbonyl (C=O) groups excluding carboxylic acids is 1. The molecule has 28 heavy (non-hydrogen) atoms. The van der Waals surface area contributed by atoms with E-state index in [0.717, 1.165) is 21.8 Å². The van der Waals surface area contributed by atoms with Crippen LogP contribution in [-0.2, 0) is 23.5 Å². The van der Waals surface area contributed by atoms with Gasteiger partial charge in [0.2, 0.25) is 10.0 Å². The van der Waals surface area contributed by atoms with Crippen molar-refractivity contribution in [2.24, 2.45) is 7.05 Å². The first-order valence-electron chi connectivity index (χ1n) is 8.69. The van der Waals surface area contributed by atoms with E-state index >= 15 is 0 Å². The molecule has 0 aliphatic heterocycles. The Morgan fingerprint density at radius 3 is 2.57 bits per heavy atom. The molecule has 1 aromatic carbocycles. The van der Waals surface area contributed by atoms with Crippen molar-refractivity contribution >= 4 is 27.3 Å². The topological polar surface area (TPSA) is 93.1 Å². The number of nitrogens with one attached hydrogen (secondary N) is 2. The molecular formula is C19H22N4O3S2. The molecule has 3 rings (SSSR count). The van der Waals surface area contributed by atoms with Gasteiger partial charge in [0.25, 0.3) is 5.91 Å². The smallest absolute Gasteiger partial charge is 0.267 e. The molecule has 2 N–H and O–H groups in total. The second kappa shape index (κ2) is 8.26. The molecule has 2 heterocycles. The Morgan fingerprint density at radius 1 is 1.25 bits per heavy atom. The standard InChI is InChI=1S/C19H22N4O3S2/c1-13-22-17(12-27-13)15-6-4-14(5-7-15)8-9-21-19(24)18-10-16(11-23(18)3)28(25,26)20-2/h4-7,10-12,20H,8-9H2,1-3H3,(H,21,24). The van der Waals surface area contributed by atoms with Gasteiger partial charge in [0.15, 0.2) is 0 Å². The van der Waals surface area contributed by atoms with E-state index in [4.69, 9.17) is 0 Å². The Labute approximate surface area is 168 Å². The zero-order chi connectivity index (χ0) is 20.3. The molecule has 0 aliphatic carbocycles. The van der Waals surface area contributed by atoms with Crippen LogP contribution in [0.25, 0.3) is 11.3 Å². The number of aryl methyl sites for hydroxylation is 2. The van der Waals surface area contributed by atoms with Gasteiger partial charge in [-0.3, -0.25) is 4.79 Å². The van der Waals surface area contributed by atoms with Crippen molar-refractivity contribution in [1.82, 2.24) is 19.6 Å². The van der Waals surface area contributed by atoms with Crippen molar-refractivity contribution in [3.63, 3.8) is 0 Å². The molecule has 7 nitrogen and oxygen atoms in total. The molecule has 1 amide bonds. The van der Waals surface area contributed by atoms with E-state index in [1.165, 1.54) is 23.9 Å². The van der Waals surface area contributed by atoms with Crippen LogP contribution < -0.4 is 10.0 Å². The normalized spacial score (nSPS) is 11.5. The van der Waals surface area contributed by atoms with Gasteiger partial charge in [0, 0.05) is 30.7 Å². The summed E-state index contributed by atoms with van der Waals surface area (Å²) in [6, 6.07) is 9.47. The maximum Gasteiger partial charge on any atom is 0.267 e. The summed E-state index contributed by atoms with van der Waals surface area (Å²) in [5.74, 6) is -0.311. The van der Waals surface area contributed by atoms with Gasteiger partial charge in [-0.15, -0.1) is 11.3 Å². The predicted molar refractivity (Wildman–Crippen MR) is 110 cm³/mol. The Hall–Kier alpha value is -2.49. The average molecular weight is 419 g/mol. The van der Waals surface area contributed by atoms with Gasteiger partial charge < -0.3 is 9.88 Å². The molecule has 9 heteroatoms. The molecule has 0 atom stereocenters. The highest BCUT2D eigenvalue weighted by Gasteiger charge is 2.18. The summed E-state index contributed by atoms with van der Waals surface area (Å²) in [5, 5.41) is 5.90. The Balaban J connectivity index is 1.58. The third-order valence-corrected chi connectivity index (χ3v) is 6.51. The first-order chi connectivity index (χ1) is 13.3. The van der Waals surface area contributed by atoms with Gasteiger partial charge in [-0.2, -0.15) is 0 Å². The molecule has 2 aromatic heterocycles. The van der Waals surface area contributed by atoms with E-state index in [9.17, 15) is 13.2 Å². The lowest BCUT2D eigenvalue weighted by Gasteiger charge is -2.07. The first-order valence-corrected chi connectivity index (χ1v) is 11.1. The Morgan fingerprint density at radius 2 is 1.96 bits per heavy atom. The van der Waals surface area contributed by atoms with Gasteiger partial charge in [0.1, 0.15) is 10.6 Å². The van der Waals surface area contributed by atoms with Crippen molar-refractivity contribution in [1.29, 1.82) is 0 Å². The van der Waals surface area contributed by atoms with Crippen LogP contribution in [0.1, 0.15) is 21.1 Å². The fraction of sp³-hybridized carbons (Fsp3) is 0.263. The molecular weight excluding hydrogens is 396 g/mol. The van der Waals surface area contributed by atoms with Crippen molar-refractivity contribution < 1.29 is 13.2 Å². The average Bonchev–Trinajstić information content (AvgIpc) is 3.28. The predicted octanol–water partition coefficient (Wildman–Crippen LogP) is 2.34. The second-order valence-corrected chi connectivity index (χ2v) is 9.28. The zero-order valence-electron chi connectivity index (χ0n) is 15.9. The van der Waals surface area contributed by atoms with Crippen LogP contribution in [0.5, 0.6) is 0 Å². The maximum absolute atomic E-state index is 12.4. The highest BCUT2D eigenvalue weighted by molar-refractivity contribution is 7.89. The lowest BCUT2D eigenvalue weighted by atomic mass is 10.1. The molecule has 0 unspecified atom stereocenters. The van der Waals surface area contributed by atoms with E-state index in [1.54, 1.807) is 18.4 Å². The zero-order valence-corrected chi connectivity index (χ0v) is 17.5. The number of hydrogen-bond acceptors (Lipinski definition) is 5. The largest absolute Gasteiger partial charge is 0.350 e. The number of amides is 1. The quantitative estimate of drug-likeness (QED) is 0.616. The number of benzene rings is 1. The van der Waals surface area contributed by atoms with Crippen LogP contribution in [0.3, 0.4) is 0 Å². The van der Waals surface area contributed by atoms with E-state index in [1.807, 2.05) is 36.6 Å². The molecule has 0 saturated heterocycles. The molecule has 0 aliphatic rings. The lowest BCUT2D eigenvalue weighted by molar-refractivity contribution is 0.0946. The number of carbonyl (C=O) groups is 1. The van der Waals surface area contributed by atoms with Crippen molar-refractivity contribution in [3.05, 3.63) is 58.2 Å². The monoisotopic (exact) mass is 418 g/mol. The minimum atomic E-state index is -3.58. The number of nitrogens with zero attached hydrogens (tertiary/aromatic N) is 2. The highest BCUT2D eigenvalue weighted by atomic mass is 32.2. The summed E-state index contributed by atoms with van der Waals surface area (Å²) in [6.07, 6.45) is 2.09. The number of sulfonamides is 1. The van der Waals surface area contributed by atoms with E-state index in [0.29, 0.717) is 18.7 Å². The minimum absolute atomic E-state index is 0.0653. The van der Waals surface area contributed by atoms with Gasteiger partial charge in [-0.05, 0) is 32.0 Å². The minimum Gasteiger partial charge on any atom is -0.350 e. The van der Waals surface area contributed by atoms with Gasteiger partial charge in [-0.25, -0.2) is 18.1 Å². The molecule has 0 bridgehead atoms. The molecule has 148 valence electrons. The van der Waals surface area contributed by atoms with Crippen LogP contribution in [0, 0.1) is 6.92 Å². The molecule has 0 saturated carbocycles. The van der Waals surface area contributed by atoms with Gasteiger partial charge in [-0.1, -0.05) is 24.3 Å². The summed E-state index contributed by atoms with van der Waals surface area (Å²) in [4.78, 5) is 16.9. The third kappa shape index (κ3) is 4.49. The summed E-state index contributed by atoms with van der Waals surface area (Å²) in [5.41, 5.74) is 3.43. The van der Waals surface area contributed by atoms with Crippen LogP contribution in [0.2, 0.25) is 0 Å². The number of hydrogen-bond donors (Lipinski definition) is 2. The van der Waals surface area contributed by atoms with Crippen molar-refractivity contribution in [2.45, 2.75) is 18.2 Å². The Bertz CT molecular complexity index is 1080. The highest BCUT2D eigenvalue weighted by Crippen LogP contribution is 2.21.